The van der Waals surface area contributed by atoms with Crippen LogP contribution in [0, 0.1) is 0 Å². The zero-order chi connectivity index (χ0) is 10.6. The molecule has 0 fully saturated rings. The zero-order valence-corrected chi connectivity index (χ0v) is 8.73. The van der Waals surface area contributed by atoms with Crippen molar-refractivity contribution in [1.29, 1.82) is 0 Å². The number of hydrogen-bond acceptors (Lipinski definition) is 4. The molecule has 0 aliphatic rings. The van der Waals surface area contributed by atoms with Crippen molar-refractivity contribution in [3.05, 3.63) is 12.2 Å². The Bertz CT molecular complexity index is 309. The molecule has 0 aliphatic carbocycles. The summed E-state index contributed by atoms with van der Waals surface area (Å²) in [5.41, 5.74) is 0. The second-order valence-electron chi connectivity index (χ2n) is 3.18. The van der Waals surface area contributed by atoms with Gasteiger partial charge in [-0.15, -0.1) is 5.10 Å². The molecule has 1 unspecified atom stereocenters. The molecular weight excluding hydrogens is 182 g/mol. The molecule has 0 radical (unpaired) electrons. The third-order valence-corrected chi connectivity index (χ3v) is 2.03. The highest BCUT2D eigenvalue weighted by Gasteiger charge is 2.13. The lowest BCUT2D eigenvalue weighted by molar-refractivity contribution is 0.0586. The van der Waals surface area contributed by atoms with Crippen molar-refractivity contribution in [2.45, 2.75) is 32.7 Å². The van der Waals surface area contributed by atoms with Crippen molar-refractivity contribution in [3.63, 3.8) is 0 Å². The molecule has 0 spiro atoms. The smallest absolute Gasteiger partial charge is 0.377 e. The van der Waals surface area contributed by atoms with E-state index in [1.807, 2.05) is 6.92 Å². The molecule has 0 saturated heterocycles. The van der Waals surface area contributed by atoms with Crippen LogP contribution in [0.15, 0.2) is 6.33 Å². The van der Waals surface area contributed by atoms with Crippen molar-refractivity contribution in [2.24, 2.45) is 0 Å². The van der Waals surface area contributed by atoms with Crippen LogP contribution < -0.4 is 0 Å². The highest BCUT2D eigenvalue weighted by atomic mass is 16.5. The molecule has 5 nitrogen and oxygen atoms in total. The van der Waals surface area contributed by atoms with E-state index in [-0.39, 0.29) is 11.9 Å². The molecule has 14 heavy (non-hydrogen) atoms. The van der Waals surface area contributed by atoms with Gasteiger partial charge in [-0.25, -0.2) is 14.5 Å². The maximum atomic E-state index is 11.0. The van der Waals surface area contributed by atoms with Crippen LogP contribution >= 0.6 is 0 Å². The average Bonchev–Trinajstić information content (AvgIpc) is 2.66. The maximum absolute atomic E-state index is 11.0. The van der Waals surface area contributed by atoms with Gasteiger partial charge in [0.05, 0.1) is 13.2 Å². The van der Waals surface area contributed by atoms with E-state index in [9.17, 15) is 4.79 Å². The molecule has 1 heterocycles. The van der Waals surface area contributed by atoms with Crippen LogP contribution in [0.3, 0.4) is 0 Å². The zero-order valence-electron chi connectivity index (χ0n) is 8.73. The van der Waals surface area contributed by atoms with E-state index in [0.29, 0.717) is 0 Å². The van der Waals surface area contributed by atoms with Crippen molar-refractivity contribution in [1.82, 2.24) is 14.8 Å². The Hall–Kier alpha value is -1.39. The van der Waals surface area contributed by atoms with Gasteiger partial charge >= 0.3 is 5.97 Å². The molecule has 0 N–H and O–H groups in total. The molecule has 1 rings (SSSR count). The summed E-state index contributed by atoms with van der Waals surface area (Å²) in [5.74, 6) is -0.372. The van der Waals surface area contributed by atoms with E-state index >= 15 is 0 Å². The summed E-state index contributed by atoms with van der Waals surface area (Å²) in [6.07, 6.45) is 3.66. The summed E-state index contributed by atoms with van der Waals surface area (Å²) in [6, 6.07) is 0.269. The highest BCUT2D eigenvalue weighted by Crippen LogP contribution is 2.10. The summed E-state index contributed by atoms with van der Waals surface area (Å²) in [7, 11) is 1.32. The normalized spacial score (nSPS) is 12.5. The maximum Gasteiger partial charge on any atom is 0.377 e. The fourth-order valence-corrected chi connectivity index (χ4v) is 1.22. The number of carbonyl (C=O) groups is 1. The van der Waals surface area contributed by atoms with Gasteiger partial charge in [0.2, 0.25) is 0 Å². The van der Waals surface area contributed by atoms with E-state index in [0.717, 1.165) is 12.8 Å². The number of hydrogen-bond donors (Lipinski definition) is 0. The summed E-state index contributed by atoms with van der Waals surface area (Å²) >= 11 is 0. The predicted molar refractivity (Wildman–Crippen MR) is 51.0 cm³/mol. The Morgan fingerprint density at radius 3 is 3.00 bits per heavy atom. The van der Waals surface area contributed by atoms with Crippen molar-refractivity contribution < 1.29 is 9.53 Å². The van der Waals surface area contributed by atoms with Gasteiger partial charge in [0, 0.05) is 0 Å². The minimum Gasteiger partial charge on any atom is -0.463 e. The number of rotatable bonds is 4. The van der Waals surface area contributed by atoms with Gasteiger partial charge in [-0.05, 0) is 13.3 Å². The van der Waals surface area contributed by atoms with Crippen LogP contribution in [0.1, 0.15) is 43.3 Å². The monoisotopic (exact) mass is 197 g/mol. The van der Waals surface area contributed by atoms with E-state index in [1.54, 1.807) is 11.0 Å². The SMILES string of the molecule is CCCC(C)n1cnc(C(=O)OC)n1. The molecule has 1 atom stereocenters. The molecule has 0 amide bonds. The van der Waals surface area contributed by atoms with E-state index in [1.165, 1.54) is 7.11 Å². The Morgan fingerprint density at radius 2 is 2.43 bits per heavy atom. The highest BCUT2D eigenvalue weighted by molar-refractivity contribution is 5.84. The number of aromatic nitrogens is 3. The largest absolute Gasteiger partial charge is 0.463 e. The first-order chi connectivity index (χ1) is 6.69. The van der Waals surface area contributed by atoms with Crippen LogP contribution in [0.25, 0.3) is 0 Å². The molecule has 0 bridgehead atoms. The van der Waals surface area contributed by atoms with Gasteiger partial charge < -0.3 is 4.74 Å². The molecule has 5 heteroatoms. The Labute approximate surface area is 83.1 Å². The summed E-state index contributed by atoms with van der Waals surface area (Å²) in [5, 5.41) is 4.03. The first kappa shape index (κ1) is 10.7. The Kier molecular flexibility index (Phi) is 3.62. The number of methoxy groups -OCH3 is 1. The molecule has 1 aromatic heterocycles. The Balaban J connectivity index is 2.72. The van der Waals surface area contributed by atoms with Crippen LogP contribution in [-0.4, -0.2) is 27.8 Å². The van der Waals surface area contributed by atoms with Crippen molar-refractivity contribution in [3.8, 4) is 0 Å². The number of nitrogens with zero attached hydrogens (tertiary/aromatic N) is 3. The third kappa shape index (κ3) is 2.31. The Morgan fingerprint density at radius 1 is 1.71 bits per heavy atom. The number of esters is 1. The average molecular weight is 197 g/mol. The van der Waals surface area contributed by atoms with Crippen LogP contribution in [0.4, 0.5) is 0 Å². The lowest BCUT2D eigenvalue weighted by Gasteiger charge is -2.08. The van der Waals surface area contributed by atoms with Gasteiger partial charge in [-0.1, -0.05) is 13.3 Å². The van der Waals surface area contributed by atoms with Gasteiger partial charge in [-0.3, -0.25) is 0 Å². The summed E-state index contributed by atoms with van der Waals surface area (Å²) in [6.45, 7) is 4.15. The number of ether oxygens (including phenoxy) is 1. The van der Waals surface area contributed by atoms with Crippen LogP contribution in [-0.2, 0) is 4.74 Å². The molecule has 78 valence electrons. The van der Waals surface area contributed by atoms with Crippen molar-refractivity contribution >= 4 is 5.97 Å². The standard InChI is InChI=1S/C9H15N3O2/c1-4-5-7(2)12-6-10-8(11-12)9(13)14-3/h6-7H,4-5H2,1-3H3. The predicted octanol–water partition coefficient (Wildman–Crippen LogP) is 1.43. The minimum atomic E-state index is -0.493. The first-order valence-corrected chi connectivity index (χ1v) is 4.68. The van der Waals surface area contributed by atoms with Gasteiger partial charge in [0.15, 0.2) is 0 Å². The minimum absolute atomic E-state index is 0.121. The van der Waals surface area contributed by atoms with Crippen LogP contribution in [0.5, 0.6) is 0 Å². The van der Waals surface area contributed by atoms with Gasteiger partial charge in [-0.2, -0.15) is 0 Å². The molecule has 0 aliphatic heterocycles. The quantitative estimate of drug-likeness (QED) is 0.685. The number of carbonyl (C=O) groups excluding carboxylic acids is 1. The summed E-state index contributed by atoms with van der Waals surface area (Å²) < 4.78 is 6.20. The van der Waals surface area contributed by atoms with Crippen LogP contribution in [0.2, 0.25) is 0 Å². The van der Waals surface area contributed by atoms with E-state index in [4.69, 9.17) is 0 Å². The van der Waals surface area contributed by atoms with E-state index < -0.39 is 5.97 Å². The molecule has 1 aromatic rings. The molecule has 0 aromatic carbocycles. The lowest BCUT2D eigenvalue weighted by atomic mass is 10.2. The topological polar surface area (TPSA) is 57.0 Å². The molecule has 0 saturated carbocycles. The fraction of sp³-hybridized carbons (Fsp3) is 0.667. The van der Waals surface area contributed by atoms with Gasteiger partial charge in [0.1, 0.15) is 6.33 Å². The second kappa shape index (κ2) is 4.74. The van der Waals surface area contributed by atoms with Gasteiger partial charge in [0.25, 0.3) is 5.82 Å². The fourth-order valence-electron chi connectivity index (χ4n) is 1.22. The second-order valence-corrected chi connectivity index (χ2v) is 3.18. The molecular formula is C9H15N3O2. The third-order valence-electron chi connectivity index (χ3n) is 2.03. The first-order valence-electron chi connectivity index (χ1n) is 4.68. The van der Waals surface area contributed by atoms with Crippen molar-refractivity contribution in [2.75, 3.05) is 7.11 Å². The summed E-state index contributed by atoms with van der Waals surface area (Å²) in [4.78, 5) is 14.9. The van der Waals surface area contributed by atoms with E-state index in [2.05, 4.69) is 21.7 Å². The lowest BCUT2D eigenvalue weighted by Crippen LogP contribution is -2.08.